The van der Waals surface area contributed by atoms with Gasteiger partial charge in [0.15, 0.2) is 0 Å². The molecule has 4 atom stereocenters. The molecule has 5 heteroatoms. The number of aromatic nitrogens is 1. The van der Waals surface area contributed by atoms with Gasteiger partial charge in [-0.3, -0.25) is 4.90 Å². The topological polar surface area (TPSA) is 54.6 Å². The molecule has 136 valence electrons. The molecule has 3 aliphatic rings. The zero-order valence-corrected chi connectivity index (χ0v) is 15.2. The summed E-state index contributed by atoms with van der Waals surface area (Å²) < 4.78 is 10.8. The van der Waals surface area contributed by atoms with Gasteiger partial charge in [-0.2, -0.15) is 0 Å². The number of carbonyl (C=O) groups excluding carboxylic acids is 1. The van der Waals surface area contributed by atoms with Crippen molar-refractivity contribution in [1.29, 1.82) is 0 Å². The van der Waals surface area contributed by atoms with E-state index in [4.69, 9.17) is 9.47 Å². The molecule has 1 aromatic heterocycles. The van der Waals surface area contributed by atoms with Crippen LogP contribution in [0.1, 0.15) is 30.6 Å². The van der Waals surface area contributed by atoms with Gasteiger partial charge in [0.05, 0.1) is 31.1 Å². The van der Waals surface area contributed by atoms with Gasteiger partial charge >= 0.3 is 5.97 Å². The van der Waals surface area contributed by atoms with Crippen molar-refractivity contribution in [3.8, 4) is 0 Å². The number of ether oxygens (including phenoxy) is 2. The van der Waals surface area contributed by atoms with Crippen LogP contribution in [0.15, 0.2) is 36.1 Å². The fraction of sp³-hybridized carbons (Fsp3) is 0.476. The minimum Gasteiger partial charge on any atom is -0.497 e. The number of esters is 1. The third-order valence-corrected chi connectivity index (χ3v) is 6.54. The number of carbonyl (C=O) groups is 1. The first-order valence-corrected chi connectivity index (χ1v) is 9.44. The predicted octanol–water partition coefficient (Wildman–Crippen LogP) is 3.18. The van der Waals surface area contributed by atoms with E-state index in [1.807, 2.05) is 0 Å². The molecule has 5 nitrogen and oxygen atoms in total. The summed E-state index contributed by atoms with van der Waals surface area (Å²) in [4.78, 5) is 18.5. The van der Waals surface area contributed by atoms with E-state index in [9.17, 15) is 4.79 Å². The summed E-state index contributed by atoms with van der Waals surface area (Å²) in [6, 6.07) is 8.88. The van der Waals surface area contributed by atoms with Gasteiger partial charge in [0.25, 0.3) is 0 Å². The normalized spacial score (nSPS) is 30.6. The number of H-pyrrole nitrogens is 1. The van der Waals surface area contributed by atoms with Crippen molar-refractivity contribution in [3.05, 3.63) is 47.4 Å². The summed E-state index contributed by atoms with van der Waals surface area (Å²) in [5.74, 6) is 0.258. The van der Waals surface area contributed by atoms with E-state index >= 15 is 0 Å². The van der Waals surface area contributed by atoms with Crippen LogP contribution in [0.3, 0.4) is 0 Å². The average molecular weight is 352 g/mol. The highest BCUT2D eigenvalue weighted by molar-refractivity contribution is 5.89. The van der Waals surface area contributed by atoms with E-state index in [1.54, 1.807) is 6.26 Å². The Labute approximate surface area is 153 Å². The number of hydrogen-bond acceptors (Lipinski definition) is 4. The van der Waals surface area contributed by atoms with Gasteiger partial charge < -0.3 is 14.5 Å². The van der Waals surface area contributed by atoms with Crippen LogP contribution >= 0.6 is 0 Å². The Bertz CT molecular complexity index is 900. The number of aromatic amines is 1. The maximum atomic E-state index is 12.3. The lowest BCUT2D eigenvalue weighted by Crippen LogP contribution is -2.51. The predicted molar refractivity (Wildman–Crippen MR) is 98.6 cm³/mol. The molecule has 0 spiro atoms. The third-order valence-electron chi connectivity index (χ3n) is 6.54. The standard InChI is InChI=1S/C21H24N2O3/c1-12-16-10-23-8-7-14-13-5-3-4-6-18(13)22-20(14)19(23)9-15(16)17(11-26-12)21(24)25-2/h3-6,11-12,15-16,19,22H,7-10H2,1-2H3/t12-,15?,16?,19+/m0/s1. The fourth-order valence-corrected chi connectivity index (χ4v) is 5.19. The molecule has 1 fully saturated rings. The van der Waals surface area contributed by atoms with E-state index in [0.29, 0.717) is 17.5 Å². The largest absolute Gasteiger partial charge is 0.497 e. The molecule has 0 aliphatic carbocycles. The zero-order valence-electron chi connectivity index (χ0n) is 15.2. The van der Waals surface area contributed by atoms with Crippen LogP contribution in [0.5, 0.6) is 0 Å². The third kappa shape index (κ3) is 2.23. The number of fused-ring (bicyclic) bond motifs is 6. The molecule has 26 heavy (non-hydrogen) atoms. The lowest BCUT2D eigenvalue weighted by molar-refractivity contribution is -0.139. The van der Waals surface area contributed by atoms with Gasteiger partial charge in [0, 0.05) is 41.5 Å². The number of piperidine rings is 1. The number of rotatable bonds is 1. The minimum atomic E-state index is -0.256. The van der Waals surface area contributed by atoms with Gasteiger partial charge in [-0.05, 0) is 31.4 Å². The smallest absolute Gasteiger partial charge is 0.337 e. The number of para-hydroxylation sites is 1. The number of nitrogens with zero attached hydrogens (tertiary/aromatic N) is 1. The summed E-state index contributed by atoms with van der Waals surface area (Å²) in [6.45, 7) is 4.13. The van der Waals surface area contributed by atoms with E-state index < -0.39 is 0 Å². The van der Waals surface area contributed by atoms with Crippen LogP contribution in [0.25, 0.3) is 10.9 Å². The van der Waals surface area contributed by atoms with Crippen molar-refractivity contribution < 1.29 is 14.3 Å². The van der Waals surface area contributed by atoms with Crippen LogP contribution < -0.4 is 0 Å². The summed E-state index contributed by atoms with van der Waals surface area (Å²) in [5.41, 5.74) is 4.69. The minimum absolute atomic E-state index is 0.124. The Kier molecular flexibility index (Phi) is 3.60. The molecule has 0 bridgehead atoms. The summed E-state index contributed by atoms with van der Waals surface area (Å²) >= 11 is 0. The summed E-state index contributed by atoms with van der Waals surface area (Å²) in [5, 5.41) is 1.34. The molecule has 1 saturated heterocycles. The Morgan fingerprint density at radius 1 is 1.35 bits per heavy atom. The molecule has 0 radical (unpaired) electrons. The lowest BCUT2D eigenvalue weighted by Gasteiger charge is -2.49. The molecule has 3 aliphatic heterocycles. The maximum absolute atomic E-state index is 12.3. The first-order valence-electron chi connectivity index (χ1n) is 9.44. The number of methoxy groups -OCH3 is 1. The number of hydrogen-bond donors (Lipinski definition) is 1. The molecule has 1 N–H and O–H groups in total. The van der Waals surface area contributed by atoms with Crippen LogP contribution in [0, 0.1) is 11.8 Å². The van der Waals surface area contributed by atoms with Crippen molar-refractivity contribution in [2.75, 3.05) is 20.2 Å². The molecule has 5 rings (SSSR count). The monoisotopic (exact) mass is 352 g/mol. The molecule has 0 saturated carbocycles. The maximum Gasteiger partial charge on any atom is 0.337 e. The lowest BCUT2D eigenvalue weighted by atomic mass is 9.72. The molecule has 2 aromatic rings. The van der Waals surface area contributed by atoms with E-state index in [1.165, 1.54) is 29.3 Å². The number of nitrogens with one attached hydrogen (secondary N) is 1. The van der Waals surface area contributed by atoms with Gasteiger partial charge in [-0.25, -0.2) is 4.79 Å². The molecule has 0 amide bonds. The highest BCUT2D eigenvalue weighted by atomic mass is 16.5. The Balaban J connectivity index is 1.55. The second kappa shape index (κ2) is 5.88. The quantitative estimate of drug-likeness (QED) is 0.801. The summed E-state index contributed by atoms with van der Waals surface area (Å²) in [7, 11) is 1.45. The second-order valence-corrected chi connectivity index (χ2v) is 7.74. The first kappa shape index (κ1) is 15.9. The zero-order chi connectivity index (χ0) is 17.8. The SMILES string of the molecule is COC(=O)C1=CO[C@@H](C)C2CN3CCc4c([nH]c5ccccc45)[C@H]3CC12. The Morgan fingerprint density at radius 2 is 2.19 bits per heavy atom. The van der Waals surface area contributed by atoms with Gasteiger partial charge in [0.1, 0.15) is 0 Å². The van der Waals surface area contributed by atoms with E-state index in [-0.39, 0.29) is 18.0 Å². The fourth-order valence-electron chi connectivity index (χ4n) is 5.19. The van der Waals surface area contributed by atoms with E-state index in [2.05, 4.69) is 41.1 Å². The number of benzene rings is 1. The molecule has 4 heterocycles. The van der Waals surface area contributed by atoms with Crippen molar-refractivity contribution in [3.63, 3.8) is 0 Å². The molecular formula is C21H24N2O3. The molecule has 2 unspecified atom stereocenters. The Hall–Kier alpha value is -2.27. The van der Waals surface area contributed by atoms with Crippen LogP contribution in [-0.4, -0.2) is 42.2 Å². The molecule has 1 aromatic carbocycles. The highest BCUT2D eigenvalue weighted by Gasteiger charge is 2.46. The highest BCUT2D eigenvalue weighted by Crippen LogP contribution is 2.47. The van der Waals surface area contributed by atoms with Gasteiger partial charge in [-0.1, -0.05) is 18.2 Å². The van der Waals surface area contributed by atoms with Gasteiger partial charge in [-0.15, -0.1) is 0 Å². The summed E-state index contributed by atoms with van der Waals surface area (Å²) in [6.07, 6.45) is 3.77. The van der Waals surface area contributed by atoms with Crippen LogP contribution in [0.2, 0.25) is 0 Å². The van der Waals surface area contributed by atoms with Crippen LogP contribution in [0.4, 0.5) is 0 Å². The van der Waals surface area contributed by atoms with Crippen LogP contribution in [-0.2, 0) is 20.7 Å². The van der Waals surface area contributed by atoms with Gasteiger partial charge in [0.2, 0.25) is 0 Å². The van der Waals surface area contributed by atoms with E-state index in [0.717, 1.165) is 25.9 Å². The average Bonchev–Trinajstić information content (AvgIpc) is 3.06. The Morgan fingerprint density at radius 3 is 3.04 bits per heavy atom. The van der Waals surface area contributed by atoms with Crippen molar-refractivity contribution in [1.82, 2.24) is 9.88 Å². The van der Waals surface area contributed by atoms with Crippen molar-refractivity contribution in [2.45, 2.75) is 31.9 Å². The first-order chi connectivity index (χ1) is 12.7. The van der Waals surface area contributed by atoms with Crippen molar-refractivity contribution >= 4 is 16.9 Å². The molecular weight excluding hydrogens is 328 g/mol. The van der Waals surface area contributed by atoms with Crippen molar-refractivity contribution in [2.24, 2.45) is 11.8 Å². The second-order valence-electron chi connectivity index (χ2n) is 7.74.